The molecular weight excluding hydrogens is 266 g/mol. The van der Waals surface area contributed by atoms with Crippen molar-refractivity contribution < 1.29 is 14.3 Å². The summed E-state index contributed by atoms with van der Waals surface area (Å²) in [6.45, 7) is 5.40. The van der Waals surface area contributed by atoms with Crippen LogP contribution in [-0.2, 0) is 4.79 Å². The van der Waals surface area contributed by atoms with Gasteiger partial charge in [0.25, 0.3) is 0 Å². The SMILES string of the molecule is CC(=O)Nc1ccc(C(=O)Oc2ccc(C)c(C)c2)cc1. The third-order valence-electron chi connectivity index (χ3n) is 3.13. The zero-order valence-corrected chi connectivity index (χ0v) is 12.3. The third kappa shape index (κ3) is 3.92. The summed E-state index contributed by atoms with van der Waals surface area (Å²) in [5, 5.41) is 2.64. The van der Waals surface area contributed by atoms with Crippen LogP contribution in [0.3, 0.4) is 0 Å². The smallest absolute Gasteiger partial charge is 0.343 e. The Labute approximate surface area is 123 Å². The number of rotatable bonds is 3. The highest BCUT2D eigenvalue weighted by atomic mass is 16.5. The second-order valence-electron chi connectivity index (χ2n) is 4.89. The summed E-state index contributed by atoms with van der Waals surface area (Å²) >= 11 is 0. The highest BCUT2D eigenvalue weighted by Gasteiger charge is 2.09. The van der Waals surface area contributed by atoms with E-state index in [1.165, 1.54) is 6.92 Å². The molecule has 0 atom stereocenters. The van der Waals surface area contributed by atoms with E-state index in [1.807, 2.05) is 26.0 Å². The predicted octanol–water partition coefficient (Wildman–Crippen LogP) is 3.48. The second kappa shape index (κ2) is 6.22. The van der Waals surface area contributed by atoms with Crippen LogP contribution in [-0.4, -0.2) is 11.9 Å². The number of benzene rings is 2. The largest absolute Gasteiger partial charge is 0.423 e. The van der Waals surface area contributed by atoms with Gasteiger partial charge >= 0.3 is 5.97 Å². The first-order valence-corrected chi connectivity index (χ1v) is 6.63. The van der Waals surface area contributed by atoms with E-state index in [2.05, 4.69) is 5.32 Å². The molecule has 0 saturated carbocycles. The van der Waals surface area contributed by atoms with Crippen molar-refractivity contribution in [2.75, 3.05) is 5.32 Å². The van der Waals surface area contributed by atoms with Crippen LogP contribution < -0.4 is 10.1 Å². The highest BCUT2D eigenvalue weighted by Crippen LogP contribution is 2.18. The molecule has 0 aliphatic heterocycles. The quantitative estimate of drug-likeness (QED) is 0.693. The van der Waals surface area contributed by atoms with Gasteiger partial charge in [-0.3, -0.25) is 4.79 Å². The number of hydrogen-bond acceptors (Lipinski definition) is 3. The van der Waals surface area contributed by atoms with Gasteiger partial charge in [-0.15, -0.1) is 0 Å². The van der Waals surface area contributed by atoms with Crippen LogP contribution in [0, 0.1) is 13.8 Å². The summed E-state index contributed by atoms with van der Waals surface area (Å²) in [5.74, 6) is -0.0536. The number of ether oxygens (including phenoxy) is 1. The summed E-state index contributed by atoms with van der Waals surface area (Å²) in [7, 11) is 0. The Kier molecular flexibility index (Phi) is 4.38. The lowest BCUT2D eigenvalue weighted by Gasteiger charge is -2.07. The Bertz CT molecular complexity index is 675. The van der Waals surface area contributed by atoms with Gasteiger partial charge in [-0.25, -0.2) is 4.79 Å². The molecule has 0 aromatic heterocycles. The molecule has 1 amide bonds. The van der Waals surface area contributed by atoms with Crippen LogP contribution in [0.5, 0.6) is 5.75 Å². The second-order valence-corrected chi connectivity index (χ2v) is 4.89. The molecule has 0 aliphatic carbocycles. The molecule has 0 radical (unpaired) electrons. The van der Waals surface area contributed by atoms with E-state index < -0.39 is 5.97 Å². The summed E-state index contributed by atoms with van der Waals surface area (Å²) in [6.07, 6.45) is 0. The maximum Gasteiger partial charge on any atom is 0.343 e. The van der Waals surface area contributed by atoms with Crippen molar-refractivity contribution >= 4 is 17.6 Å². The summed E-state index contributed by atoms with van der Waals surface area (Å²) in [4.78, 5) is 23.0. The number of esters is 1. The van der Waals surface area contributed by atoms with E-state index in [0.29, 0.717) is 17.0 Å². The van der Waals surface area contributed by atoms with E-state index in [9.17, 15) is 9.59 Å². The number of amides is 1. The van der Waals surface area contributed by atoms with E-state index in [0.717, 1.165) is 11.1 Å². The van der Waals surface area contributed by atoms with Gasteiger partial charge in [-0.1, -0.05) is 6.07 Å². The number of nitrogens with one attached hydrogen (secondary N) is 1. The first-order chi connectivity index (χ1) is 9.95. The van der Waals surface area contributed by atoms with Crippen LogP contribution in [0.4, 0.5) is 5.69 Å². The molecule has 21 heavy (non-hydrogen) atoms. The molecule has 108 valence electrons. The van der Waals surface area contributed by atoms with Crippen molar-refractivity contribution in [3.63, 3.8) is 0 Å². The number of aryl methyl sites for hydroxylation is 2. The molecule has 2 rings (SSSR count). The summed E-state index contributed by atoms with van der Waals surface area (Å²) in [6, 6.07) is 12.1. The highest BCUT2D eigenvalue weighted by molar-refractivity contribution is 5.93. The molecule has 1 N–H and O–H groups in total. The molecule has 2 aromatic carbocycles. The van der Waals surface area contributed by atoms with Crippen molar-refractivity contribution in [2.45, 2.75) is 20.8 Å². The van der Waals surface area contributed by atoms with Crippen LogP contribution in [0.1, 0.15) is 28.4 Å². The molecule has 0 aliphatic rings. The average molecular weight is 283 g/mol. The normalized spacial score (nSPS) is 10.0. The molecule has 0 spiro atoms. The third-order valence-corrected chi connectivity index (χ3v) is 3.13. The van der Waals surface area contributed by atoms with Crippen molar-refractivity contribution in [3.05, 3.63) is 59.2 Å². The zero-order chi connectivity index (χ0) is 15.4. The molecule has 0 heterocycles. The number of carbonyl (C=O) groups excluding carboxylic acids is 2. The lowest BCUT2D eigenvalue weighted by Crippen LogP contribution is -2.09. The predicted molar refractivity (Wildman–Crippen MR) is 81.6 cm³/mol. The van der Waals surface area contributed by atoms with Gasteiger partial charge in [0.05, 0.1) is 5.56 Å². The minimum absolute atomic E-state index is 0.152. The van der Waals surface area contributed by atoms with Crippen molar-refractivity contribution in [1.29, 1.82) is 0 Å². The molecule has 0 saturated heterocycles. The Morgan fingerprint density at radius 2 is 1.62 bits per heavy atom. The molecule has 2 aromatic rings. The van der Waals surface area contributed by atoms with Crippen LogP contribution in [0.2, 0.25) is 0 Å². The lowest BCUT2D eigenvalue weighted by atomic mass is 10.1. The van der Waals surface area contributed by atoms with E-state index in [1.54, 1.807) is 30.3 Å². The first kappa shape index (κ1) is 14.8. The number of anilines is 1. The fourth-order valence-electron chi connectivity index (χ4n) is 1.84. The molecule has 4 nitrogen and oxygen atoms in total. The van der Waals surface area contributed by atoms with Gasteiger partial charge < -0.3 is 10.1 Å². The molecular formula is C17H17NO3. The van der Waals surface area contributed by atoms with Crippen molar-refractivity contribution in [1.82, 2.24) is 0 Å². The van der Waals surface area contributed by atoms with Gasteiger partial charge in [0.2, 0.25) is 5.91 Å². The van der Waals surface area contributed by atoms with Gasteiger partial charge in [-0.05, 0) is 61.4 Å². The fraction of sp³-hybridized carbons (Fsp3) is 0.176. The van der Waals surface area contributed by atoms with Crippen LogP contribution in [0.15, 0.2) is 42.5 Å². The minimum atomic E-state index is -0.423. The monoisotopic (exact) mass is 283 g/mol. The Hall–Kier alpha value is -2.62. The molecule has 0 bridgehead atoms. The first-order valence-electron chi connectivity index (χ1n) is 6.63. The van der Waals surface area contributed by atoms with E-state index >= 15 is 0 Å². The average Bonchev–Trinajstić information content (AvgIpc) is 2.43. The topological polar surface area (TPSA) is 55.4 Å². The van der Waals surface area contributed by atoms with Gasteiger partial charge in [0, 0.05) is 12.6 Å². The fourth-order valence-corrected chi connectivity index (χ4v) is 1.84. The van der Waals surface area contributed by atoms with E-state index in [4.69, 9.17) is 4.74 Å². The van der Waals surface area contributed by atoms with Crippen molar-refractivity contribution in [2.24, 2.45) is 0 Å². The Morgan fingerprint density at radius 3 is 2.19 bits per heavy atom. The Balaban J connectivity index is 2.09. The lowest BCUT2D eigenvalue weighted by molar-refractivity contribution is -0.114. The number of carbonyl (C=O) groups is 2. The maximum atomic E-state index is 12.0. The van der Waals surface area contributed by atoms with Crippen LogP contribution >= 0.6 is 0 Å². The standard InChI is InChI=1S/C17H17NO3/c1-11-4-9-16(10-12(11)2)21-17(20)14-5-7-15(8-6-14)18-13(3)19/h4-10H,1-3H3,(H,18,19). The van der Waals surface area contributed by atoms with E-state index in [-0.39, 0.29) is 5.91 Å². The van der Waals surface area contributed by atoms with Gasteiger partial charge in [0.15, 0.2) is 0 Å². The van der Waals surface area contributed by atoms with Crippen molar-refractivity contribution in [3.8, 4) is 5.75 Å². The zero-order valence-electron chi connectivity index (χ0n) is 12.3. The number of hydrogen-bond donors (Lipinski definition) is 1. The maximum absolute atomic E-state index is 12.0. The molecule has 4 heteroatoms. The van der Waals surface area contributed by atoms with Crippen LogP contribution in [0.25, 0.3) is 0 Å². The van der Waals surface area contributed by atoms with Gasteiger partial charge in [-0.2, -0.15) is 0 Å². The molecule has 0 fully saturated rings. The van der Waals surface area contributed by atoms with Gasteiger partial charge in [0.1, 0.15) is 5.75 Å². The summed E-state index contributed by atoms with van der Waals surface area (Å²) in [5.41, 5.74) is 3.29. The minimum Gasteiger partial charge on any atom is -0.423 e. The Morgan fingerprint density at radius 1 is 0.952 bits per heavy atom. The summed E-state index contributed by atoms with van der Waals surface area (Å²) < 4.78 is 5.33. The molecule has 0 unspecified atom stereocenters.